The van der Waals surface area contributed by atoms with Crippen molar-refractivity contribution in [1.82, 2.24) is 15.5 Å². The summed E-state index contributed by atoms with van der Waals surface area (Å²) >= 11 is 7.37. The van der Waals surface area contributed by atoms with Gasteiger partial charge in [-0.05, 0) is 42.5 Å². The lowest BCUT2D eigenvalue weighted by Gasteiger charge is -2.26. The van der Waals surface area contributed by atoms with Gasteiger partial charge in [0.2, 0.25) is 11.8 Å². The second-order valence-electron chi connectivity index (χ2n) is 6.35. The van der Waals surface area contributed by atoms with E-state index in [2.05, 4.69) is 27.6 Å². The van der Waals surface area contributed by atoms with Crippen molar-refractivity contribution in [2.75, 3.05) is 5.75 Å². The lowest BCUT2D eigenvalue weighted by Crippen LogP contribution is -2.32. The molecule has 1 heterocycles. The highest BCUT2D eigenvalue weighted by Crippen LogP contribution is 2.30. The predicted molar refractivity (Wildman–Crippen MR) is 106 cm³/mol. The average molecular weight is 400 g/mol. The first kappa shape index (κ1) is 18.1. The fourth-order valence-corrected chi connectivity index (χ4v) is 4.07. The van der Waals surface area contributed by atoms with Crippen LogP contribution in [0.5, 0.6) is 0 Å². The summed E-state index contributed by atoms with van der Waals surface area (Å²) in [5.74, 6) is 0.534. The Morgan fingerprint density at radius 3 is 2.89 bits per heavy atom. The van der Waals surface area contributed by atoms with Gasteiger partial charge in [0.15, 0.2) is 0 Å². The average Bonchev–Trinajstić information content (AvgIpc) is 3.16. The Bertz CT molecular complexity index is 960. The van der Waals surface area contributed by atoms with Crippen molar-refractivity contribution in [1.29, 1.82) is 0 Å². The summed E-state index contributed by atoms with van der Waals surface area (Å²) in [6.07, 6.45) is 3.12. The molecule has 0 unspecified atom stereocenters. The van der Waals surface area contributed by atoms with Gasteiger partial charge in [-0.25, -0.2) is 0 Å². The standard InChI is InChI=1S/C20H18ClN3O2S/c21-16-10-4-3-9-15(16)19-23-24-20(26-19)27-12-18(25)22-17-11-5-7-13-6-1-2-8-14(13)17/h1-4,6,8-10,17H,5,7,11-12H2,(H,22,25)/t17-/m0/s1. The third-order valence-corrected chi connectivity index (χ3v) is 5.69. The number of nitrogens with zero attached hydrogens (tertiary/aromatic N) is 2. The number of thioether (sulfide) groups is 1. The highest BCUT2D eigenvalue weighted by atomic mass is 35.5. The fourth-order valence-electron chi connectivity index (χ4n) is 3.28. The Hall–Kier alpha value is -2.31. The third kappa shape index (κ3) is 4.17. The number of carbonyl (C=O) groups excluding carboxylic acids is 1. The number of carbonyl (C=O) groups is 1. The highest BCUT2D eigenvalue weighted by Gasteiger charge is 2.21. The molecule has 3 aromatic rings. The van der Waals surface area contributed by atoms with Crippen molar-refractivity contribution >= 4 is 29.3 Å². The molecule has 0 aliphatic heterocycles. The summed E-state index contributed by atoms with van der Waals surface area (Å²) in [4.78, 5) is 12.4. The molecule has 1 N–H and O–H groups in total. The maximum atomic E-state index is 12.4. The molecule has 1 aliphatic carbocycles. The van der Waals surface area contributed by atoms with E-state index in [4.69, 9.17) is 16.0 Å². The number of benzene rings is 2. The van der Waals surface area contributed by atoms with Gasteiger partial charge < -0.3 is 9.73 Å². The quantitative estimate of drug-likeness (QED) is 0.631. The third-order valence-electron chi connectivity index (χ3n) is 4.54. The van der Waals surface area contributed by atoms with E-state index in [-0.39, 0.29) is 17.7 Å². The van der Waals surface area contributed by atoms with Crippen molar-refractivity contribution in [2.45, 2.75) is 30.5 Å². The Balaban J connectivity index is 1.36. The fraction of sp³-hybridized carbons (Fsp3) is 0.250. The minimum Gasteiger partial charge on any atom is -0.411 e. The number of halogens is 1. The van der Waals surface area contributed by atoms with E-state index in [1.165, 1.54) is 22.9 Å². The van der Waals surface area contributed by atoms with Crippen LogP contribution in [0.4, 0.5) is 0 Å². The number of aromatic nitrogens is 2. The summed E-state index contributed by atoms with van der Waals surface area (Å²) < 4.78 is 5.62. The van der Waals surface area contributed by atoms with Crippen LogP contribution in [0.3, 0.4) is 0 Å². The summed E-state index contributed by atoms with van der Waals surface area (Å²) in [5.41, 5.74) is 3.23. The summed E-state index contributed by atoms with van der Waals surface area (Å²) in [6, 6.07) is 15.7. The molecule has 0 radical (unpaired) electrons. The Kier molecular flexibility index (Phi) is 5.45. The first-order valence-electron chi connectivity index (χ1n) is 8.79. The van der Waals surface area contributed by atoms with Gasteiger partial charge in [-0.3, -0.25) is 4.79 Å². The van der Waals surface area contributed by atoms with Crippen molar-refractivity contribution in [3.8, 4) is 11.5 Å². The number of hydrogen-bond acceptors (Lipinski definition) is 5. The van der Waals surface area contributed by atoms with Crippen LogP contribution < -0.4 is 5.32 Å². The van der Waals surface area contributed by atoms with Crippen molar-refractivity contribution in [2.24, 2.45) is 0 Å². The molecule has 0 fully saturated rings. The maximum Gasteiger partial charge on any atom is 0.277 e. The van der Waals surface area contributed by atoms with E-state index in [9.17, 15) is 4.79 Å². The highest BCUT2D eigenvalue weighted by molar-refractivity contribution is 7.99. The van der Waals surface area contributed by atoms with Gasteiger partial charge >= 0.3 is 0 Å². The molecule has 5 nitrogen and oxygen atoms in total. The molecule has 2 aromatic carbocycles. The normalized spacial score (nSPS) is 16.0. The van der Waals surface area contributed by atoms with Crippen LogP contribution in [0.1, 0.15) is 30.0 Å². The monoisotopic (exact) mass is 399 g/mol. The van der Waals surface area contributed by atoms with Crippen molar-refractivity contribution in [3.63, 3.8) is 0 Å². The molecule has 0 spiro atoms. The molecular formula is C20H18ClN3O2S. The molecule has 7 heteroatoms. The lowest BCUT2D eigenvalue weighted by molar-refractivity contribution is -0.119. The molecule has 138 valence electrons. The van der Waals surface area contributed by atoms with E-state index >= 15 is 0 Å². The van der Waals surface area contributed by atoms with Crippen LogP contribution in [0.2, 0.25) is 5.02 Å². The molecule has 1 amide bonds. The van der Waals surface area contributed by atoms with E-state index < -0.39 is 0 Å². The molecule has 4 rings (SSSR count). The molecule has 0 saturated carbocycles. The number of aryl methyl sites for hydroxylation is 1. The number of rotatable bonds is 5. The van der Waals surface area contributed by atoms with E-state index in [1.807, 2.05) is 30.3 Å². The number of hydrogen-bond donors (Lipinski definition) is 1. The zero-order chi connectivity index (χ0) is 18.6. The number of amides is 1. The molecule has 1 aliphatic rings. The summed E-state index contributed by atoms with van der Waals surface area (Å²) in [7, 11) is 0. The van der Waals surface area contributed by atoms with E-state index in [0.717, 1.165) is 19.3 Å². The summed E-state index contributed by atoms with van der Waals surface area (Å²) in [6.45, 7) is 0. The minimum absolute atomic E-state index is 0.0424. The Morgan fingerprint density at radius 1 is 1.19 bits per heavy atom. The summed E-state index contributed by atoms with van der Waals surface area (Å²) in [5, 5.41) is 12.0. The molecule has 0 bridgehead atoms. The zero-order valence-electron chi connectivity index (χ0n) is 14.5. The molecule has 27 heavy (non-hydrogen) atoms. The van der Waals surface area contributed by atoms with Crippen LogP contribution in [-0.4, -0.2) is 21.9 Å². The van der Waals surface area contributed by atoms with Gasteiger partial charge in [0.1, 0.15) is 0 Å². The topological polar surface area (TPSA) is 68.0 Å². The van der Waals surface area contributed by atoms with E-state index in [0.29, 0.717) is 21.7 Å². The maximum absolute atomic E-state index is 12.4. The van der Waals surface area contributed by atoms with Gasteiger partial charge in [0.25, 0.3) is 5.22 Å². The van der Waals surface area contributed by atoms with Crippen LogP contribution >= 0.6 is 23.4 Å². The zero-order valence-corrected chi connectivity index (χ0v) is 16.1. The van der Waals surface area contributed by atoms with Gasteiger partial charge in [0.05, 0.1) is 22.4 Å². The molecule has 1 aromatic heterocycles. The van der Waals surface area contributed by atoms with Crippen LogP contribution in [0.25, 0.3) is 11.5 Å². The second-order valence-corrected chi connectivity index (χ2v) is 7.69. The number of fused-ring (bicyclic) bond motifs is 1. The van der Waals surface area contributed by atoms with Crippen LogP contribution in [0.15, 0.2) is 58.2 Å². The molecule has 0 saturated heterocycles. The van der Waals surface area contributed by atoms with Crippen molar-refractivity contribution in [3.05, 3.63) is 64.7 Å². The van der Waals surface area contributed by atoms with Gasteiger partial charge in [-0.2, -0.15) is 0 Å². The smallest absolute Gasteiger partial charge is 0.277 e. The predicted octanol–water partition coefficient (Wildman–Crippen LogP) is 4.68. The largest absolute Gasteiger partial charge is 0.411 e. The van der Waals surface area contributed by atoms with Crippen LogP contribution in [0, 0.1) is 0 Å². The minimum atomic E-state index is -0.0424. The Labute approximate surface area is 166 Å². The van der Waals surface area contributed by atoms with Crippen LogP contribution in [-0.2, 0) is 11.2 Å². The van der Waals surface area contributed by atoms with Crippen molar-refractivity contribution < 1.29 is 9.21 Å². The molecular weight excluding hydrogens is 382 g/mol. The second kappa shape index (κ2) is 8.15. The molecule has 1 atom stereocenters. The number of nitrogens with one attached hydrogen (secondary N) is 1. The lowest BCUT2D eigenvalue weighted by atomic mass is 9.88. The van der Waals surface area contributed by atoms with Gasteiger partial charge in [-0.15, -0.1) is 10.2 Å². The van der Waals surface area contributed by atoms with Gasteiger partial charge in [-0.1, -0.05) is 59.8 Å². The first-order valence-corrected chi connectivity index (χ1v) is 10.2. The van der Waals surface area contributed by atoms with Gasteiger partial charge in [0, 0.05) is 0 Å². The first-order chi connectivity index (χ1) is 13.2. The SMILES string of the molecule is O=C(CSc1nnc(-c2ccccc2Cl)o1)N[C@H]1CCCc2ccccc21. The van der Waals surface area contributed by atoms with E-state index in [1.54, 1.807) is 6.07 Å². The Morgan fingerprint density at radius 2 is 2.00 bits per heavy atom.